The fourth-order valence-electron chi connectivity index (χ4n) is 0.424. The minimum absolute atomic E-state index is 0.120. The fraction of sp³-hybridized carbons (Fsp3) is 1.00. The third kappa shape index (κ3) is 2.26. The first-order valence-electron chi connectivity index (χ1n) is 2.86. The van der Waals surface area contributed by atoms with Gasteiger partial charge in [0.15, 0.2) is 0 Å². The molecule has 0 radical (unpaired) electrons. The monoisotopic (exact) mass is 195 g/mol. The Morgan fingerprint density at radius 2 is 1.33 bits per heavy atom. The molecule has 0 unspecified atom stereocenters. The summed E-state index contributed by atoms with van der Waals surface area (Å²) in [6.07, 6.45) is -9.69. The molecule has 0 aliphatic heterocycles. The molecule has 0 bridgehead atoms. The van der Waals surface area contributed by atoms with E-state index in [1.54, 1.807) is 0 Å². The van der Waals surface area contributed by atoms with E-state index in [4.69, 9.17) is 0 Å². The molecule has 0 aromatic heterocycles. The van der Waals surface area contributed by atoms with Crippen LogP contribution in [0.25, 0.3) is 0 Å². The van der Waals surface area contributed by atoms with Gasteiger partial charge in [0.2, 0.25) is 0 Å². The molecule has 0 aliphatic carbocycles. The van der Waals surface area contributed by atoms with Gasteiger partial charge < -0.3 is 0 Å². The van der Waals surface area contributed by atoms with Crippen molar-refractivity contribution in [2.45, 2.75) is 18.4 Å². The van der Waals surface area contributed by atoms with Crippen molar-refractivity contribution in [2.24, 2.45) is 0 Å². The molecule has 0 aromatic carbocycles. The first-order chi connectivity index (χ1) is 5.10. The van der Waals surface area contributed by atoms with Gasteiger partial charge in [0, 0.05) is 0 Å². The lowest BCUT2D eigenvalue weighted by Gasteiger charge is -2.27. The molecule has 0 heterocycles. The van der Waals surface area contributed by atoms with Gasteiger partial charge in [-0.3, -0.25) is 0 Å². The molecule has 1 nitrogen and oxygen atoms in total. The van der Waals surface area contributed by atoms with Crippen molar-refractivity contribution >= 4 is 0 Å². The van der Waals surface area contributed by atoms with Crippen molar-refractivity contribution < 1.29 is 26.3 Å². The maximum Gasteiger partial charge on any atom is 0.427 e. The second-order valence-corrected chi connectivity index (χ2v) is 2.39. The molecule has 1 atom stereocenters. The van der Waals surface area contributed by atoms with Crippen molar-refractivity contribution in [3.05, 3.63) is 0 Å². The third-order valence-corrected chi connectivity index (χ3v) is 1.19. The number of nitrogens with zero attached hydrogens (tertiary/aromatic N) is 1. The highest BCUT2D eigenvalue weighted by molar-refractivity contribution is 4.80. The number of hydrogen-bond donors (Lipinski definition) is 0. The maximum absolute atomic E-state index is 12.3. The summed E-state index contributed by atoms with van der Waals surface area (Å²) in [6.45, 7) is 0. The van der Waals surface area contributed by atoms with Gasteiger partial charge in [-0.05, 0) is 14.1 Å². The van der Waals surface area contributed by atoms with E-state index in [1.807, 2.05) is 0 Å². The summed E-state index contributed by atoms with van der Waals surface area (Å²) in [5.74, 6) is 0. The Hall–Kier alpha value is -0.460. The molecule has 0 N–H and O–H groups in total. The zero-order chi connectivity index (χ0) is 10.2. The van der Waals surface area contributed by atoms with Crippen LogP contribution < -0.4 is 0 Å². The van der Waals surface area contributed by atoms with Crippen LogP contribution >= 0.6 is 0 Å². The highest BCUT2D eigenvalue weighted by Crippen LogP contribution is 2.35. The summed E-state index contributed by atoms with van der Waals surface area (Å²) in [5, 5.41) is 0. The standard InChI is InChI=1S/C5H7F6N/c1-12(2)5(10,11)3(6)4(7,8)9/h3H,1-2H3/t3-/m1/s1. The summed E-state index contributed by atoms with van der Waals surface area (Å²) < 4.78 is 70.8. The van der Waals surface area contributed by atoms with Gasteiger partial charge >= 0.3 is 12.2 Å². The van der Waals surface area contributed by atoms with Gasteiger partial charge in [0.25, 0.3) is 6.17 Å². The lowest BCUT2D eigenvalue weighted by molar-refractivity contribution is -0.280. The molecule has 12 heavy (non-hydrogen) atoms. The Bertz CT molecular complexity index is 151. The Labute approximate surface area is 65.0 Å². The molecular weight excluding hydrogens is 188 g/mol. The molecule has 0 amide bonds. The van der Waals surface area contributed by atoms with Crippen LogP contribution in [0.1, 0.15) is 0 Å². The van der Waals surface area contributed by atoms with Gasteiger partial charge in [0.05, 0.1) is 0 Å². The van der Waals surface area contributed by atoms with Gasteiger partial charge in [-0.1, -0.05) is 0 Å². The average Bonchev–Trinajstić information content (AvgIpc) is 1.83. The quantitative estimate of drug-likeness (QED) is 0.481. The molecule has 0 aliphatic rings. The van der Waals surface area contributed by atoms with Crippen molar-refractivity contribution in [2.75, 3.05) is 14.1 Å². The van der Waals surface area contributed by atoms with Crippen molar-refractivity contribution in [3.63, 3.8) is 0 Å². The number of hydrogen-bond acceptors (Lipinski definition) is 1. The van der Waals surface area contributed by atoms with E-state index in [1.165, 1.54) is 0 Å². The summed E-state index contributed by atoms with van der Waals surface area (Å²) in [6, 6.07) is -4.52. The third-order valence-electron chi connectivity index (χ3n) is 1.19. The van der Waals surface area contributed by atoms with Crippen LogP contribution in [0.4, 0.5) is 26.3 Å². The summed E-state index contributed by atoms with van der Waals surface area (Å²) in [7, 11) is 1.33. The predicted octanol–water partition coefficient (Wildman–Crippen LogP) is 2.04. The van der Waals surface area contributed by atoms with E-state index in [0.29, 0.717) is 14.1 Å². The lowest BCUT2D eigenvalue weighted by atomic mass is 10.3. The first-order valence-corrected chi connectivity index (χ1v) is 2.86. The van der Waals surface area contributed by atoms with E-state index in [9.17, 15) is 26.3 Å². The fourth-order valence-corrected chi connectivity index (χ4v) is 0.424. The number of halogens is 6. The summed E-state index contributed by atoms with van der Waals surface area (Å²) >= 11 is 0. The second-order valence-electron chi connectivity index (χ2n) is 2.39. The maximum atomic E-state index is 12.3. The molecule has 0 fully saturated rings. The van der Waals surface area contributed by atoms with E-state index in [2.05, 4.69) is 0 Å². The Morgan fingerprint density at radius 3 is 1.42 bits per heavy atom. The predicted molar refractivity (Wildman–Crippen MR) is 29.6 cm³/mol. The molecular formula is C5H7F6N. The molecule has 0 saturated carbocycles. The Kier molecular flexibility index (Phi) is 3.00. The summed E-state index contributed by atoms with van der Waals surface area (Å²) in [4.78, 5) is -0.120. The highest BCUT2D eigenvalue weighted by atomic mass is 19.4. The molecule has 74 valence electrons. The van der Waals surface area contributed by atoms with Crippen LogP contribution in [0.15, 0.2) is 0 Å². The minimum atomic E-state index is -5.53. The molecule has 7 heteroatoms. The van der Waals surface area contributed by atoms with Crippen molar-refractivity contribution in [3.8, 4) is 0 Å². The van der Waals surface area contributed by atoms with Gasteiger partial charge in [-0.25, -0.2) is 9.29 Å². The summed E-state index contributed by atoms with van der Waals surface area (Å²) in [5.41, 5.74) is 0. The van der Waals surface area contributed by atoms with Gasteiger partial charge in [-0.15, -0.1) is 0 Å². The number of rotatable bonds is 2. The average molecular weight is 195 g/mol. The molecule has 0 aromatic rings. The minimum Gasteiger partial charge on any atom is -0.248 e. The highest BCUT2D eigenvalue weighted by Gasteiger charge is 2.58. The van der Waals surface area contributed by atoms with Crippen LogP contribution in [-0.2, 0) is 0 Å². The normalized spacial score (nSPS) is 16.8. The smallest absolute Gasteiger partial charge is 0.248 e. The van der Waals surface area contributed by atoms with Crippen LogP contribution in [-0.4, -0.2) is 37.4 Å². The van der Waals surface area contributed by atoms with E-state index in [-0.39, 0.29) is 4.90 Å². The van der Waals surface area contributed by atoms with Crippen LogP contribution in [0.5, 0.6) is 0 Å². The zero-order valence-corrected chi connectivity index (χ0v) is 6.29. The largest absolute Gasteiger partial charge is 0.427 e. The molecule has 0 spiro atoms. The van der Waals surface area contributed by atoms with Crippen LogP contribution in [0, 0.1) is 0 Å². The zero-order valence-electron chi connectivity index (χ0n) is 6.29. The Balaban J connectivity index is 4.57. The van der Waals surface area contributed by atoms with Gasteiger partial charge in [0.1, 0.15) is 0 Å². The first kappa shape index (κ1) is 11.5. The van der Waals surface area contributed by atoms with Crippen molar-refractivity contribution in [1.82, 2.24) is 4.90 Å². The molecule has 0 rings (SSSR count). The molecule has 0 saturated heterocycles. The van der Waals surface area contributed by atoms with Crippen LogP contribution in [0.2, 0.25) is 0 Å². The van der Waals surface area contributed by atoms with Gasteiger partial charge in [-0.2, -0.15) is 22.0 Å². The van der Waals surface area contributed by atoms with E-state index in [0.717, 1.165) is 0 Å². The topological polar surface area (TPSA) is 3.24 Å². The van der Waals surface area contributed by atoms with E-state index >= 15 is 0 Å². The SMILES string of the molecule is CN(C)C(F)(F)[C@H](F)C(F)(F)F. The van der Waals surface area contributed by atoms with Crippen molar-refractivity contribution in [1.29, 1.82) is 0 Å². The van der Waals surface area contributed by atoms with E-state index < -0.39 is 18.4 Å². The lowest BCUT2D eigenvalue weighted by Crippen LogP contribution is -2.50. The second kappa shape index (κ2) is 3.12. The Morgan fingerprint density at radius 1 is 1.00 bits per heavy atom. The number of alkyl halides is 6. The van der Waals surface area contributed by atoms with Crippen LogP contribution in [0.3, 0.4) is 0 Å².